The Morgan fingerprint density at radius 1 is 0.731 bits per heavy atom. The zero-order valence-corrected chi connectivity index (χ0v) is 13.6. The van der Waals surface area contributed by atoms with Crippen LogP contribution in [0.3, 0.4) is 0 Å². The van der Waals surface area contributed by atoms with E-state index in [1.165, 1.54) is 12.4 Å². The van der Waals surface area contributed by atoms with Gasteiger partial charge in [-0.2, -0.15) is 10.2 Å². The van der Waals surface area contributed by atoms with Gasteiger partial charge in [0.2, 0.25) is 18.8 Å². The van der Waals surface area contributed by atoms with E-state index in [9.17, 15) is 9.59 Å². The Balaban J connectivity index is 1.77. The SMILES string of the molecule is N=C(N/N=C/c1ccc(NC=O)cc1)N/N=C/c1ccc(NC=O)cc1. The van der Waals surface area contributed by atoms with Gasteiger partial charge >= 0.3 is 0 Å². The summed E-state index contributed by atoms with van der Waals surface area (Å²) in [6.45, 7) is 0. The third-order valence-electron chi connectivity index (χ3n) is 3.05. The summed E-state index contributed by atoms with van der Waals surface area (Å²) in [4.78, 5) is 20.6. The number of benzene rings is 2. The topological polar surface area (TPSA) is 131 Å². The molecule has 9 heteroatoms. The van der Waals surface area contributed by atoms with Gasteiger partial charge in [-0.05, 0) is 35.4 Å². The molecule has 132 valence electrons. The Bertz CT molecular complexity index is 731. The first kappa shape index (κ1) is 18.3. The summed E-state index contributed by atoms with van der Waals surface area (Å²) in [5.41, 5.74) is 7.95. The zero-order chi connectivity index (χ0) is 18.6. The van der Waals surface area contributed by atoms with Crippen LogP contribution >= 0.6 is 0 Å². The van der Waals surface area contributed by atoms with Crippen LogP contribution in [0.2, 0.25) is 0 Å². The van der Waals surface area contributed by atoms with E-state index in [-0.39, 0.29) is 5.96 Å². The van der Waals surface area contributed by atoms with Crippen LogP contribution in [-0.4, -0.2) is 31.2 Å². The lowest BCUT2D eigenvalue weighted by Gasteiger charge is -2.02. The highest BCUT2D eigenvalue weighted by atomic mass is 16.1. The molecule has 9 nitrogen and oxygen atoms in total. The number of hydrogen-bond donors (Lipinski definition) is 5. The lowest BCUT2D eigenvalue weighted by molar-refractivity contribution is -0.106. The van der Waals surface area contributed by atoms with Crippen molar-refractivity contribution < 1.29 is 9.59 Å². The average Bonchev–Trinajstić information content (AvgIpc) is 2.65. The fraction of sp³-hybridized carbons (Fsp3) is 0. The summed E-state index contributed by atoms with van der Waals surface area (Å²) in [7, 11) is 0. The van der Waals surface area contributed by atoms with Crippen molar-refractivity contribution in [1.82, 2.24) is 10.9 Å². The molecule has 26 heavy (non-hydrogen) atoms. The van der Waals surface area contributed by atoms with Crippen molar-refractivity contribution in [3.8, 4) is 0 Å². The number of guanidine groups is 1. The third kappa shape index (κ3) is 6.24. The van der Waals surface area contributed by atoms with Crippen molar-refractivity contribution in [2.24, 2.45) is 10.2 Å². The molecule has 0 atom stereocenters. The Morgan fingerprint density at radius 3 is 1.46 bits per heavy atom. The summed E-state index contributed by atoms with van der Waals surface area (Å²) < 4.78 is 0. The quantitative estimate of drug-likeness (QED) is 0.212. The van der Waals surface area contributed by atoms with Gasteiger partial charge in [0.1, 0.15) is 0 Å². The smallest absolute Gasteiger partial charge is 0.230 e. The van der Waals surface area contributed by atoms with Crippen LogP contribution in [0.5, 0.6) is 0 Å². The predicted molar refractivity (Wildman–Crippen MR) is 101 cm³/mol. The predicted octanol–water partition coefficient (Wildman–Crippen LogP) is 1.31. The first-order valence-electron chi connectivity index (χ1n) is 7.48. The maximum atomic E-state index is 10.3. The van der Waals surface area contributed by atoms with Gasteiger partial charge in [-0.15, -0.1) is 0 Å². The molecule has 5 N–H and O–H groups in total. The first-order valence-corrected chi connectivity index (χ1v) is 7.48. The maximum Gasteiger partial charge on any atom is 0.230 e. The van der Waals surface area contributed by atoms with Crippen LogP contribution in [0.15, 0.2) is 58.7 Å². The van der Waals surface area contributed by atoms with E-state index in [1.54, 1.807) is 48.5 Å². The Labute approximate surface area is 149 Å². The van der Waals surface area contributed by atoms with E-state index < -0.39 is 0 Å². The van der Waals surface area contributed by atoms with E-state index >= 15 is 0 Å². The number of anilines is 2. The number of carbonyl (C=O) groups is 2. The minimum atomic E-state index is -0.101. The normalized spacial score (nSPS) is 10.5. The molecular formula is C17H17N7O2. The fourth-order valence-electron chi connectivity index (χ4n) is 1.83. The van der Waals surface area contributed by atoms with Crippen LogP contribution < -0.4 is 21.5 Å². The molecule has 0 aliphatic carbocycles. The van der Waals surface area contributed by atoms with Crippen LogP contribution in [0.4, 0.5) is 11.4 Å². The van der Waals surface area contributed by atoms with Crippen LogP contribution in [0.1, 0.15) is 11.1 Å². The van der Waals surface area contributed by atoms with Crippen molar-refractivity contribution in [1.29, 1.82) is 5.41 Å². The van der Waals surface area contributed by atoms with Gasteiger partial charge in [-0.3, -0.25) is 15.0 Å². The second-order valence-electron chi connectivity index (χ2n) is 4.88. The Morgan fingerprint density at radius 2 is 1.12 bits per heavy atom. The Hall–Kier alpha value is -4.01. The molecule has 0 aliphatic rings. The van der Waals surface area contributed by atoms with Crippen molar-refractivity contribution in [2.45, 2.75) is 0 Å². The monoisotopic (exact) mass is 351 g/mol. The molecule has 0 bridgehead atoms. The maximum absolute atomic E-state index is 10.3. The number of amides is 2. The fourth-order valence-corrected chi connectivity index (χ4v) is 1.83. The molecule has 0 spiro atoms. The van der Waals surface area contributed by atoms with E-state index in [2.05, 4.69) is 31.7 Å². The molecular weight excluding hydrogens is 334 g/mol. The molecule has 0 aliphatic heterocycles. The van der Waals surface area contributed by atoms with E-state index in [4.69, 9.17) is 5.41 Å². The van der Waals surface area contributed by atoms with Crippen molar-refractivity contribution >= 4 is 42.6 Å². The minimum Gasteiger partial charge on any atom is -0.329 e. The molecule has 0 heterocycles. The number of carbonyl (C=O) groups excluding carboxylic acids is 2. The van der Waals surface area contributed by atoms with E-state index in [1.807, 2.05) is 0 Å². The average molecular weight is 351 g/mol. The molecule has 2 amide bonds. The molecule has 2 aromatic carbocycles. The minimum absolute atomic E-state index is 0.101. The summed E-state index contributed by atoms with van der Waals surface area (Å²) in [6.07, 6.45) is 4.27. The first-order chi connectivity index (χ1) is 12.7. The highest BCUT2D eigenvalue weighted by Gasteiger charge is 1.93. The second-order valence-corrected chi connectivity index (χ2v) is 4.88. The van der Waals surface area contributed by atoms with E-state index in [0.717, 1.165) is 11.1 Å². The molecule has 0 saturated heterocycles. The summed E-state index contributed by atoms with van der Waals surface area (Å²) in [5, 5.41) is 20.5. The van der Waals surface area contributed by atoms with Gasteiger partial charge in [-0.25, -0.2) is 10.9 Å². The van der Waals surface area contributed by atoms with Crippen molar-refractivity contribution in [2.75, 3.05) is 10.6 Å². The number of hydrazone groups is 2. The van der Waals surface area contributed by atoms with Crippen LogP contribution in [0, 0.1) is 5.41 Å². The van der Waals surface area contributed by atoms with Gasteiger partial charge in [0.25, 0.3) is 0 Å². The van der Waals surface area contributed by atoms with Crippen LogP contribution in [0.25, 0.3) is 0 Å². The van der Waals surface area contributed by atoms with Gasteiger partial charge in [0, 0.05) is 11.4 Å². The lowest BCUT2D eigenvalue weighted by atomic mass is 10.2. The molecule has 0 unspecified atom stereocenters. The standard InChI is InChI=1S/C17H17N7O2/c18-17(23-21-9-13-1-5-15(6-2-13)19-11-25)24-22-10-14-3-7-16(8-4-14)20-12-26/h1-12H,(H,19,25)(H,20,26)(H3,18,23,24)/b21-9+,22-10+. The largest absolute Gasteiger partial charge is 0.329 e. The molecule has 0 fully saturated rings. The van der Waals surface area contributed by atoms with E-state index in [0.29, 0.717) is 24.2 Å². The molecule has 0 aromatic heterocycles. The third-order valence-corrected chi connectivity index (χ3v) is 3.05. The van der Waals surface area contributed by atoms with Crippen molar-refractivity contribution in [3.05, 3.63) is 59.7 Å². The summed E-state index contributed by atoms with van der Waals surface area (Å²) in [6, 6.07) is 14.0. The van der Waals surface area contributed by atoms with Gasteiger partial charge in [0.15, 0.2) is 0 Å². The van der Waals surface area contributed by atoms with Crippen molar-refractivity contribution in [3.63, 3.8) is 0 Å². The number of nitrogens with zero attached hydrogens (tertiary/aromatic N) is 2. The number of nitrogens with one attached hydrogen (secondary N) is 5. The zero-order valence-electron chi connectivity index (χ0n) is 13.6. The second kappa shape index (κ2) is 9.98. The molecule has 2 aromatic rings. The molecule has 0 radical (unpaired) electrons. The molecule has 0 saturated carbocycles. The molecule has 2 rings (SSSR count). The summed E-state index contributed by atoms with van der Waals surface area (Å²) >= 11 is 0. The van der Waals surface area contributed by atoms with Gasteiger partial charge in [-0.1, -0.05) is 24.3 Å². The number of hydrogen-bond acceptors (Lipinski definition) is 5. The highest BCUT2D eigenvalue weighted by molar-refractivity contribution is 5.85. The van der Waals surface area contributed by atoms with Gasteiger partial charge < -0.3 is 10.6 Å². The van der Waals surface area contributed by atoms with Gasteiger partial charge in [0.05, 0.1) is 12.4 Å². The summed E-state index contributed by atoms with van der Waals surface area (Å²) in [5.74, 6) is -0.101. The van der Waals surface area contributed by atoms with Crippen LogP contribution in [-0.2, 0) is 9.59 Å². The lowest BCUT2D eigenvalue weighted by Crippen LogP contribution is -2.29. The number of rotatable bonds is 8. The Kier molecular flexibility index (Phi) is 7.04. The highest BCUT2D eigenvalue weighted by Crippen LogP contribution is 2.07.